The van der Waals surface area contributed by atoms with Crippen molar-refractivity contribution in [3.8, 4) is 0 Å². The van der Waals surface area contributed by atoms with Crippen molar-refractivity contribution in [2.45, 2.75) is 38.1 Å². The van der Waals surface area contributed by atoms with Gasteiger partial charge in [-0.25, -0.2) is 17.1 Å². The lowest BCUT2D eigenvalue weighted by Crippen LogP contribution is -2.35. The molecule has 2 N–H and O–H groups in total. The summed E-state index contributed by atoms with van der Waals surface area (Å²) in [5.74, 6) is -0.222. The molecular formula is C14H23FN2O2S. The second-order valence-electron chi connectivity index (χ2n) is 5.39. The summed E-state index contributed by atoms with van der Waals surface area (Å²) < 4.78 is 39.5. The number of hydrogen-bond acceptors (Lipinski definition) is 3. The van der Waals surface area contributed by atoms with Crippen LogP contribution in [0.25, 0.3) is 0 Å². The standard InChI is InChI=1S/C14H23FN2O2S/c1-10(2)13(16)8-9-17(4)20(18,19)14-7-5-6-12(15)11(14)3/h5-7,10,13H,8-9,16H2,1-4H3. The van der Waals surface area contributed by atoms with Gasteiger partial charge in [0, 0.05) is 25.2 Å². The highest BCUT2D eigenvalue weighted by Crippen LogP contribution is 2.21. The van der Waals surface area contributed by atoms with Crippen LogP contribution in [0.15, 0.2) is 23.1 Å². The Kier molecular flexibility index (Phi) is 5.68. The minimum absolute atomic E-state index is 0.0121. The van der Waals surface area contributed by atoms with E-state index >= 15 is 0 Å². The van der Waals surface area contributed by atoms with E-state index in [1.54, 1.807) is 0 Å². The third kappa shape index (κ3) is 3.77. The van der Waals surface area contributed by atoms with E-state index in [1.807, 2.05) is 13.8 Å². The number of hydrogen-bond donors (Lipinski definition) is 1. The van der Waals surface area contributed by atoms with Gasteiger partial charge in [-0.05, 0) is 31.4 Å². The van der Waals surface area contributed by atoms with Gasteiger partial charge >= 0.3 is 0 Å². The Balaban J connectivity index is 2.91. The first kappa shape index (κ1) is 17.1. The number of benzene rings is 1. The fraction of sp³-hybridized carbons (Fsp3) is 0.571. The molecule has 1 rings (SSSR count). The van der Waals surface area contributed by atoms with E-state index in [4.69, 9.17) is 5.73 Å². The summed E-state index contributed by atoms with van der Waals surface area (Å²) in [6.07, 6.45) is 0.571. The van der Waals surface area contributed by atoms with Crippen molar-refractivity contribution < 1.29 is 12.8 Å². The van der Waals surface area contributed by atoms with Gasteiger partial charge in [0.15, 0.2) is 0 Å². The van der Waals surface area contributed by atoms with Crippen LogP contribution in [0.3, 0.4) is 0 Å². The fourth-order valence-corrected chi connectivity index (χ4v) is 3.24. The molecule has 1 aromatic rings. The van der Waals surface area contributed by atoms with Crippen LogP contribution >= 0.6 is 0 Å². The van der Waals surface area contributed by atoms with Crippen LogP contribution < -0.4 is 5.73 Å². The molecule has 4 nitrogen and oxygen atoms in total. The highest BCUT2D eigenvalue weighted by Gasteiger charge is 2.24. The summed E-state index contributed by atoms with van der Waals surface area (Å²) in [7, 11) is -2.18. The predicted octanol–water partition coefficient (Wildman–Crippen LogP) is 2.13. The maximum Gasteiger partial charge on any atom is 0.243 e. The lowest BCUT2D eigenvalue weighted by molar-refractivity contribution is 0.397. The summed E-state index contributed by atoms with van der Waals surface area (Å²) in [6.45, 7) is 5.78. The molecule has 0 saturated heterocycles. The zero-order chi connectivity index (χ0) is 15.5. The number of nitrogens with two attached hydrogens (primary N) is 1. The summed E-state index contributed by atoms with van der Waals surface area (Å²) >= 11 is 0. The molecule has 0 spiro atoms. The van der Waals surface area contributed by atoms with E-state index in [9.17, 15) is 12.8 Å². The Bertz CT molecular complexity index is 558. The fourth-order valence-electron chi connectivity index (χ4n) is 1.82. The number of rotatable bonds is 6. The average Bonchev–Trinajstić information content (AvgIpc) is 2.38. The summed E-state index contributed by atoms with van der Waals surface area (Å²) in [6, 6.07) is 4.03. The Hall–Kier alpha value is -0.980. The first-order valence-electron chi connectivity index (χ1n) is 6.65. The first-order chi connectivity index (χ1) is 9.17. The Morgan fingerprint density at radius 3 is 2.50 bits per heavy atom. The lowest BCUT2D eigenvalue weighted by atomic mass is 10.0. The molecule has 0 aliphatic rings. The molecule has 0 aliphatic heterocycles. The Morgan fingerprint density at radius 1 is 1.35 bits per heavy atom. The number of halogens is 1. The van der Waals surface area contributed by atoms with Crippen LogP contribution in [0.4, 0.5) is 4.39 Å². The maximum absolute atomic E-state index is 13.5. The minimum atomic E-state index is -3.68. The van der Waals surface area contributed by atoms with Gasteiger partial charge in [0.1, 0.15) is 5.82 Å². The van der Waals surface area contributed by atoms with Crippen LogP contribution in [0.5, 0.6) is 0 Å². The molecule has 114 valence electrons. The van der Waals surface area contributed by atoms with Crippen LogP contribution in [0.1, 0.15) is 25.8 Å². The largest absolute Gasteiger partial charge is 0.327 e. The van der Waals surface area contributed by atoms with E-state index < -0.39 is 15.8 Å². The zero-order valence-electron chi connectivity index (χ0n) is 12.4. The van der Waals surface area contributed by atoms with Crippen molar-refractivity contribution in [1.29, 1.82) is 0 Å². The van der Waals surface area contributed by atoms with E-state index in [-0.39, 0.29) is 16.5 Å². The lowest BCUT2D eigenvalue weighted by Gasteiger charge is -2.22. The molecule has 1 unspecified atom stereocenters. The molecule has 0 aromatic heterocycles. The molecule has 1 aromatic carbocycles. The average molecular weight is 302 g/mol. The van der Waals surface area contributed by atoms with Gasteiger partial charge in [-0.2, -0.15) is 0 Å². The van der Waals surface area contributed by atoms with E-state index in [2.05, 4.69) is 0 Å². The van der Waals surface area contributed by atoms with Gasteiger partial charge in [0.05, 0.1) is 4.90 Å². The highest BCUT2D eigenvalue weighted by atomic mass is 32.2. The van der Waals surface area contributed by atoms with Crippen molar-refractivity contribution in [3.05, 3.63) is 29.6 Å². The molecule has 0 saturated carbocycles. The molecule has 20 heavy (non-hydrogen) atoms. The summed E-state index contributed by atoms with van der Waals surface area (Å²) in [5.41, 5.74) is 6.07. The quantitative estimate of drug-likeness (QED) is 0.875. The van der Waals surface area contributed by atoms with Gasteiger partial charge in [0.2, 0.25) is 10.0 Å². The summed E-state index contributed by atoms with van der Waals surface area (Å²) in [5, 5.41) is 0. The molecule has 0 fully saturated rings. The van der Waals surface area contributed by atoms with Gasteiger partial charge in [0.25, 0.3) is 0 Å². The molecule has 0 radical (unpaired) electrons. The van der Waals surface area contributed by atoms with Crippen LogP contribution in [-0.4, -0.2) is 32.4 Å². The summed E-state index contributed by atoms with van der Waals surface area (Å²) in [4.78, 5) is 0.0121. The molecule has 0 heterocycles. The first-order valence-corrected chi connectivity index (χ1v) is 8.09. The molecule has 6 heteroatoms. The van der Waals surface area contributed by atoms with Crippen molar-refractivity contribution in [2.75, 3.05) is 13.6 Å². The van der Waals surface area contributed by atoms with Crippen LogP contribution in [-0.2, 0) is 10.0 Å². The van der Waals surface area contributed by atoms with Gasteiger partial charge in [-0.15, -0.1) is 0 Å². The van der Waals surface area contributed by atoms with Crippen LogP contribution in [0, 0.1) is 18.7 Å². The highest BCUT2D eigenvalue weighted by molar-refractivity contribution is 7.89. The minimum Gasteiger partial charge on any atom is -0.327 e. The molecule has 1 atom stereocenters. The van der Waals surface area contributed by atoms with E-state index in [1.165, 1.54) is 36.5 Å². The second-order valence-corrected chi connectivity index (χ2v) is 7.40. The van der Waals surface area contributed by atoms with Crippen molar-refractivity contribution in [3.63, 3.8) is 0 Å². The van der Waals surface area contributed by atoms with Gasteiger partial charge in [-0.3, -0.25) is 0 Å². The van der Waals surface area contributed by atoms with E-state index in [0.717, 1.165) is 0 Å². The second kappa shape index (κ2) is 6.65. The molecule has 0 amide bonds. The maximum atomic E-state index is 13.5. The molecule has 0 bridgehead atoms. The smallest absolute Gasteiger partial charge is 0.243 e. The molecule has 0 aliphatic carbocycles. The van der Waals surface area contributed by atoms with Crippen molar-refractivity contribution >= 4 is 10.0 Å². The molecular weight excluding hydrogens is 279 g/mol. The van der Waals surface area contributed by atoms with Gasteiger partial charge in [-0.1, -0.05) is 19.9 Å². The zero-order valence-corrected chi connectivity index (χ0v) is 13.2. The third-order valence-electron chi connectivity index (χ3n) is 3.54. The monoisotopic (exact) mass is 302 g/mol. The third-order valence-corrected chi connectivity index (χ3v) is 5.54. The number of sulfonamides is 1. The van der Waals surface area contributed by atoms with Crippen molar-refractivity contribution in [2.24, 2.45) is 11.7 Å². The van der Waals surface area contributed by atoms with Crippen molar-refractivity contribution in [1.82, 2.24) is 4.31 Å². The topological polar surface area (TPSA) is 63.4 Å². The predicted molar refractivity (Wildman–Crippen MR) is 78.4 cm³/mol. The van der Waals surface area contributed by atoms with Crippen LogP contribution in [0.2, 0.25) is 0 Å². The number of nitrogens with zero attached hydrogens (tertiary/aromatic N) is 1. The van der Waals surface area contributed by atoms with Gasteiger partial charge < -0.3 is 5.73 Å². The Morgan fingerprint density at radius 2 is 1.95 bits per heavy atom. The Labute approximate surface area is 120 Å². The normalized spacial score (nSPS) is 14.0. The van der Waals surface area contributed by atoms with E-state index in [0.29, 0.717) is 18.9 Å². The SMILES string of the molecule is Cc1c(F)cccc1S(=O)(=O)N(C)CCC(N)C(C)C.